The molecule has 0 radical (unpaired) electrons. The highest BCUT2D eigenvalue weighted by Gasteiger charge is 2.31. The number of rotatable bonds is 11. The van der Waals surface area contributed by atoms with E-state index in [1.807, 2.05) is 0 Å². The molecule has 0 aromatic heterocycles. The second-order valence-electron chi connectivity index (χ2n) is 8.45. The largest absolute Gasteiger partial charge is 0.494 e. The van der Waals surface area contributed by atoms with Crippen LogP contribution >= 0.6 is 42.4 Å². The van der Waals surface area contributed by atoms with Gasteiger partial charge in [-0.05, 0) is 43.3 Å². The molecule has 0 fully saturated rings. The van der Waals surface area contributed by atoms with Gasteiger partial charge in [0.2, 0.25) is 5.75 Å². The number of nitro benzene ring substituents is 1. The van der Waals surface area contributed by atoms with E-state index in [2.05, 4.69) is 5.32 Å². The number of methoxy groups -OCH3 is 1. The van der Waals surface area contributed by atoms with Gasteiger partial charge in [-0.25, -0.2) is 4.79 Å². The van der Waals surface area contributed by atoms with Crippen LogP contribution in [0.5, 0.6) is 23.0 Å². The maximum atomic E-state index is 12.6. The Bertz CT molecular complexity index is 1620. The summed E-state index contributed by atoms with van der Waals surface area (Å²) in [6.45, 7) is 1.42. The smallest absolute Gasteiger partial charge is 0.416 e. The highest BCUT2D eigenvalue weighted by molar-refractivity contribution is 7.51. The Morgan fingerprint density at radius 1 is 0.979 bits per heavy atom. The van der Waals surface area contributed by atoms with Crippen LogP contribution in [0.15, 0.2) is 48.5 Å². The number of hydrogen-bond acceptors (Lipinski definition) is 9. The Balaban J connectivity index is 0.000000402. The summed E-state index contributed by atoms with van der Waals surface area (Å²) in [5.41, 5.74) is -1.27. The van der Waals surface area contributed by atoms with Crippen LogP contribution in [0.25, 0.3) is 0 Å². The molecule has 14 nitrogen and oxygen atoms in total. The third-order valence-electron chi connectivity index (χ3n) is 4.99. The van der Waals surface area contributed by atoms with Crippen LogP contribution in [-0.2, 0) is 15.5 Å². The van der Waals surface area contributed by atoms with Crippen molar-refractivity contribution in [2.45, 2.75) is 13.1 Å². The van der Waals surface area contributed by atoms with Crippen molar-refractivity contribution in [3.63, 3.8) is 0 Å². The summed E-state index contributed by atoms with van der Waals surface area (Å²) in [5.74, 6) is -2.10. The standard InChI is InChI=1S/C15H11ClF3NO4.C8H6Cl2O3.C3H8NO5P/c1-2-23-14-8-10(4-5-12(14)20(21)22)24-13-6-3-9(7-11(13)16)15(17,18)19;1-13-7-5(10)3-2-4(9)6(7)8(11)12;5-3(6)1-4-2-10(7,8)9/h3-8H,2H2,1H3;2-3H,1H3,(H,11,12);4H,1-2H2,(H,5,6)(H2,7,8,9). The molecule has 0 aliphatic rings. The second-order valence-corrected chi connectivity index (χ2v) is 11.3. The molecule has 0 aliphatic carbocycles. The number of ether oxygens (including phenoxy) is 3. The lowest BCUT2D eigenvalue weighted by Gasteiger charge is -2.12. The average molecular weight is 752 g/mol. The SMILES string of the molecule is CCOc1cc(Oc2ccc(C(F)(F)F)cc2Cl)ccc1[N+](=O)[O-].COc1c(Cl)ccc(Cl)c1C(=O)O.O=C(O)CNCP(=O)(O)O. The molecule has 0 aliphatic heterocycles. The summed E-state index contributed by atoms with van der Waals surface area (Å²) in [7, 11) is -2.76. The first-order valence-electron chi connectivity index (χ1n) is 12.4. The van der Waals surface area contributed by atoms with Crippen LogP contribution in [0.2, 0.25) is 15.1 Å². The molecule has 0 atom stereocenters. The number of nitrogens with one attached hydrogen (secondary N) is 1. The van der Waals surface area contributed by atoms with Crippen molar-refractivity contribution in [3.8, 4) is 23.0 Å². The fraction of sp³-hybridized carbons (Fsp3) is 0.231. The normalized spacial score (nSPS) is 10.9. The quantitative estimate of drug-likeness (QED) is 0.0762. The zero-order valence-electron chi connectivity index (χ0n) is 24.0. The van der Waals surface area contributed by atoms with E-state index in [4.69, 9.17) is 69.0 Å². The number of carbonyl (C=O) groups is 2. The first kappa shape index (κ1) is 41.2. The van der Waals surface area contributed by atoms with Gasteiger partial charge in [0.05, 0.1) is 52.1 Å². The van der Waals surface area contributed by atoms with Crippen LogP contribution in [0.1, 0.15) is 22.8 Å². The Labute approximate surface area is 278 Å². The van der Waals surface area contributed by atoms with Crippen LogP contribution in [0, 0.1) is 10.1 Å². The van der Waals surface area contributed by atoms with Crippen molar-refractivity contribution in [1.82, 2.24) is 5.32 Å². The van der Waals surface area contributed by atoms with Gasteiger partial charge in [0.1, 0.15) is 17.1 Å². The maximum absolute atomic E-state index is 12.6. The van der Waals surface area contributed by atoms with E-state index in [9.17, 15) is 37.4 Å². The number of carboxylic acids is 2. The molecular weight excluding hydrogens is 727 g/mol. The van der Waals surface area contributed by atoms with E-state index in [1.54, 1.807) is 6.92 Å². The van der Waals surface area contributed by atoms with Gasteiger partial charge in [0.25, 0.3) is 0 Å². The highest BCUT2D eigenvalue weighted by atomic mass is 35.5. The molecule has 0 unspecified atom stereocenters. The zero-order valence-corrected chi connectivity index (χ0v) is 27.1. The van der Waals surface area contributed by atoms with Gasteiger partial charge < -0.3 is 34.2 Å². The fourth-order valence-corrected chi connectivity index (χ4v) is 4.19. The van der Waals surface area contributed by atoms with Gasteiger partial charge in [-0.1, -0.05) is 34.8 Å². The lowest BCUT2D eigenvalue weighted by atomic mass is 10.2. The molecule has 258 valence electrons. The number of aromatic carboxylic acids is 1. The van der Waals surface area contributed by atoms with Crippen molar-refractivity contribution < 1.29 is 66.5 Å². The Morgan fingerprint density at radius 3 is 2.04 bits per heavy atom. The third kappa shape index (κ3) is 14.2. The predicted octanol–water partition coefficient (Wildman–Crippen LogP) is 6.95. The first-order chi connectivity index (χ1) is 21.7. The number of nitrogens with zero attached hydrogens (tertiary/aromatic N) is 1. The van der Waals surface area contributed by atoms with E-state index >= 15 is 0 Å². The molecule has 47 heavy (non-hydrogen) atoms. The Hall–Kier alpha value is -3.83. The van der Waals surface area contributed by atoms with Crippen molar-refractivity contribution in [3.05, 3.63) is 84.8 Å². The summed E-state index contributed by atoms with van der Waals surface area (Å²) < 4.78 is 63.3. The minimum atomic E-state index is -4.52. The van der Waals surface area contributed by atoms with Gasteiger partial charge in [0.15, 0.2) is 5.75 Å². The van der Waals surface area contributed by atoms with Crippen molar-refractivity contribution >= 4 is 60.0 Å². The van der Waals surface area contributed by atoms with Gasteiger partial charge >= 0.3 is 31.4 Å². The number of halogens is 6. The molecule has 0 saturated heterocycles. The lowest BCUT2D eigenvalue weighted by Crippen LogP contribution is -2.23. The highest BCUT2D eigenvalue weighted by Crippen LogP contribution is 2.39. The average Bonchev–Trinajstić information content (AvgIpc) is 2.94. The monoisotopic (exact) mass is 750 g/mol. The van der Waals surface area contributed by atoms with E-state index in [0.717, 1.165) is 18.2 Å². The van der Waals surface area contributed by atoms with Gasteiger partial charge in [-0.3, -0.25) is 24.8 Å². The van der Waals surface area contributed by atoms with Gasteiger partial charge in [-0.15, -0.1) is 0 Å². The third-order valence-corrected chi connectivity index (χ3v) is 6.53. The molecule has 0 heterocycles. The van der Waals surface area contributed by atoms with Crippen LogP contribution in [-0.4, -0.2) is 63.4 Å². The molecule has 0 amide bonds. The minimum absolute atomic E-state index is 0.0111. The number of aliphatic carboxylic acids is 1. The number of carboxylic acid groups (broad SMARTS) is 2. The molecule has 5 N–H and O–H groups in total. The topological polar surface area (TPSA) is 215 Å². The summed E-state index contributed by atoms with van der Waals surface area (Å²) >= 11 is 17.2. The van der Waals surface area contributed by atoms with E-state index < -0.39 is 49.0 Å². The molecule has 21 heteroatoms. The number of nitro groups is 1. The van der Waals surface area contributed by atoms with Crippen LogP contribution in [0.3, 0.4) is 0 Å². The predicted molar refractivity (Wildman–Crippen MR) is 163 cm³/mol. The lowest BCUT2D eigenvalue weighted by molar-refractivity contribution is -0.385. The van der Waals surface area contributed by atoms with Crippen LogP contribution in [0.4, 0.5) is 18.9 Å². The van der Waals surface area contributed by atoms with E-state index in [-0.39, 0.29) is 55.9 Å². The fourth-order valence-electron chi connectivity index (χ4n) is 3.11. The summed E-state index contributed by atoms with van der Waals surface area (Å²) in [5, 5.41) is 29.8. The molecule has 0 bridgehead atoms. The molecule has 0 spiro atoms. The number of hydrogen-bond donors (Lipinski definition) is 5. The van der Waals surface area contributed by atoms with Crippen molar-refractivity contribution in [2.24, 2.45) is 0 Å². The van der Waals surface area contributed by atoms with Crippen LogP contribution < -0.4 is 19.5 Å². The summed E-state index contributed by atoms with van der Waals surface area (Å²) in [6, 6.07) is 9.29. The second kappa shape index (κ2) is 18.5. The maximum Gasteiger partial charge on any atom is 0.416 e. The van der Waals surface area contributed by atoms with Gasteiger partial charge in [0, 0.05) is 12.1 Å². The molecule has 0 saturated carbocycles. The minimum Gasteiger partial charge on any atom is -0.494 e. The van der Waals surface area contributed by atoms with E-state index in [0.29, 0.717) is 0 Å². The number of benzene rings is 3. The van der Waals surface area contributed by atoms with Crippen molar-refractivity contribution in [1.29, 1.82) is 0 Å². The first-order valence-corrected chi connectivity index (χ1v) is 15.3. The van der Waals surface area contributed by atoms with Gasteiger partial charge in [-0.2, -0.15) is 13.2 Å². The summed E-state index contributed by atoms with van der Waals surface area (Å²) in [4.78, 5) is 47.2. The number of alkyl halides is 3. The Kier molecular flexibility index (Phi) is 16.2. The Morgan fingerprint density at radius 2 is 1.60 bits per heavy atom. The summed E-state index contributed by atoms with van der Waals surface area (Å²) in [6.07, 6.45) is -5.11. The zero-order chi connectivity index (χ0) is 36.1. The molecular formula is C26H25Cl3F3N2O12P. The van der Waals surface area contributed by atoms with E-state index in [1.165, 1.54) is 37.4 Å². The van der Waals surface area contributed by atoms with Crippen molar-refractivity contribution in [2.75, 3.05) is 26.5 Å². The molecule has 3 aromatic carbocycles. The molecule has 3 aromatic rings. The molecule has 3 rings (SSSR count).